The van der Waals surface area contributed by atoms with Gasteiger partial charge in [0.25, 0.3) is 0 Å². The third-order valence-electron chi connectivity index (χ3n) is 4.50. The van der Waals surface area contributed by atoms with Gasteiger partial charge in [-0.2, -0.15) is 10.4 Å². The van der Waals surface area contributed by atoms with Gasteiger partial charge in [-0.1, -0.05) is 29.8 Å². The number of hydrogen-bond acceptors (Lipinski definition) is 3. The molecule has 0 saturated heterocycles. The third kappa shape index (κ3) is 6.94. The normalized spacial score (nSPS) is 11.9. The summed E-state index contributed by atoms with van der Waals surface area (Å²) >= 11 is 6.03. The Bertz CT molecular complexity index is 1030. The van der Waals surface area contributed by atoms with E-state index in [0.717, 1.165) is 5.56 Å². The van der Waals surface area contributed by atoms with Crippen LogP contribution >= 0.6 is 35.6 Å². The van der Waals surface area contributed by atoms with E-state index >= 15 is 0 Å². The standard InChI is InChI=1S/C22H22ClFN6.HI/c1-2-26-22(27-14-18-5-4-16(13-25)12-20(18)24)28-15-21(30-11-3-10-29-30)17-6-8-19(23)9-7-17;/h3-12,21H,2,14-15H2,1H3,(H2,26,27,28);1H. The van der Waals surface area contributed by atoms with E-state index in [4.69, 9.17) is 16.9 Å². The van der Waals surface area contributed by atoms with Gasteiger partial charge in [0.05, 0.1) is 24.2 Å². The lowest BCUT2D eigenvalue weighted by Crippen LogP contribution is -2.40. The van der Waals surface area contributed by atoms with Crippen LogP contribution in [0.4, 0.5) is 4.39 Å². The molecule has 0 aliphatic heterocycles. The minimum Gasteiger partial charge on any atom is -0.357 e. The number of aromatic nitrogens is 2. The molecule has 162 valence electrons. The summed E-state index contributed by atoms with van der Waals surface area (Å²) < 4.78 is 16.0. The van der Waals surface area contributed by atoms with E-state index in [1.165, 1.54) is 6.07 Å². The highest BCUT2D eigenvalue weighted by Crippen LogP contribution is 2.19. The van der Waals surface area contributed by atoms with Crippen LogP contribution in [0, 0.1) is 17.1 Å². The first-order valence-electron chi connectivity index (χ1n) is 9.56. The third-order valence-corrected chi connectivity index (χ3v) is 4.75. The molecule has 0 amide bonds. The lowest BCUT2D eigenvalue weighted by Gasteiger charge is -2.20. The molecule has 6 nitrogen and oxygen atoms in total. The summed E-state index contributed by atoms with van der Waals surface area (Å²) in [5.41, 5.74) is 1.76. The van der Waals surface area contributed by atoms with Crippen molar-refractivity contribution in [3.05, 3.63) is 88.5 Å². The lowest BCUT2D eigenvalue weighted by molar-refractivity contribution is 0.510. The minimum atomic E-state index is -0.441. The summed E-state index contributed by atoms with van der Waals surface area (Å²) in [6.45, 7) is 3.30. The van der Waals surface area contributed by atoms with Crippen molar-refractivity contribution >= 4 is 41.5 Å². The zero-order chi connectivity index (χ0) is 21.3. The Morgan fingerprint density at radius 1 is 1.26 bits per heavy atom. The number of nitrogens with one attached hydrogen (secondary N) is 2. The maximum absolute atomic E-state index is 14.1. The van der Waals surface area contributed by atoms with E-state index in [2.05, 4.69) is 20.7 Å². The van der Waals surface area contributed by atoms with Gasteiger partial charge in [0.15, 0.2) is 5.96 Å². The second kappa shape index (κ2) is 12.3. The highest BCUT2D eigenvalue weighted by atomic mass is 127. The van der Waals surface area contributed by atoms with Gasteiger partial charge in [-0.15, -0.1) is 24.0 Å². The van der Waals surface area contributed by atoms with Crippen LogP contribution in [0.15, 0.2) is 65.9 Å². The average Bonchev–Trinajstić information content (AvgIpc) is 3.28. The van der Waals surface area contributed by atoms with Gasteiger partial charge in [0.2, 0.25) is 0 Å². The quantitative estimate of drug-likeness (QED) is 0.257. The molecule has 3 aromatic rings. The van der Waals surface area contributed by atoms with E-state index in [1.54, 1.807) is 18.3 Å². The molecule has 31 heavy (non-hydrogen) atoms. The molecule has 1 heterocycles. The van der Waals surface area contributed by atoms with Crippen molar-refractivity contribution in [1.29, 1.82) is 5.26 Å². The number of benzene rings is 2. The molecule has 0 spiro atoms. The SMILES string of the molecule is CCNC(=NCc1ccc(C#N)cc1F)NCC(c1ccc(Cl)cc1)n1cccn1.I. The number of aliphatic imine (C=N–C) groups is 1. The predicted molar refractivity (Wildman–Crippen MR) is 131 cm³/mol. The van der Waals surface area contributed by atoms with Gasteiger partial charge >= 0.3 is 0 Å². The molecule has 0 fully saturated rings. The lowest BCUT2D eigenvalue weighted by atomic mass is 10.1. The fraction of sp³-hybridized carbons (Fsp3) is 0.227. The van der Waals surface area contributed by atoms with Crippen molar-refractivity contribution in [1.82, 2.24) is 20.4 Å². The second-order valence-electron chi connectivity index (χ2n) is 6.55. The molecule has 0 radical (unpaired) electrons. The molecular weight excluding hydrogens is 530 g/mol. The number of nitriles is 1. The Labute approximate surface area is 203 Å². The summed E-state index contributed by atoms with van der Waals surface area (Å²) in [5, 5.41) is 20.4. The van der Waals surface area contributed by atoms with Crippen LogP contribution < -0.4 is 10.6 Å². The first-order chi connectivity index (χ1) is 14.6. The Hall–Kier alpha value is -2.64. The van der Waals surface area contributed by atoms with Crippen LogP contribution in [0.3, 0.4) is 0 Å². The molecule has 9 heteroatoms. The van der Waals surface area contributed by atoms with Crippen LogP contribution in [-0.2, 0) is 6.54 Å². The van der Waals surface area contributed by atoms with Gasteiger partial charge in [-0.05, 0) is 42.8 Å². The van der Waals surface area contributed by atoms with Crippen molar-refractivity contribution < 1.29 is 4.39 Å². The molecular formula is C22H23ClFIN6. The van der Waals surface area contributed by atoms with Gasteiger partial charge in [0.1, 0.15) is 5.82 Å². The molecule has 2 N–H and O–H groups in total. The first-order valence-corrected chi connectivity index (χ1v) is 9.93. The van der Waals surface area contributed by atoms with E-state index in [0.29, 0.717) is 29.6 Å². The Morgan fingerprint density at radius 2 is 2.03 bits per heavy atom. The minimum absolute atomic E-state index is 0. The molecule has 2 aromatic carbocycles. The molecule has 1 aromatic heterocycles. The summed E-state index contributed by atoms with van der Waals surface area (Å²) in [7, 11) is 0. The maximum Gasteiger partial charge on any atom is 0.191 e. The topological polar surface area (TPSA) is 78.0 Å². The van der Waals surface area contributed by atoms with Crippen molar-refractivity contribution in [3.8, 4) is 6.07 Å². The summed E-state index contributed by atoms with van der Waals surface area (Å²) in [6.07, 6.45) is 3.63. The van der Waals surface area contributed by atoms with Crippen molar-refractivity contribution in [3.63, 3.8) is 0 Å². The zero-order valence-corrected chi connectivity index (χ0v) is 20.0. The molecule has 1 atom stereocenters. The molecule has 0 aliphatic carbocycles. The fourth-order valence-electron chi connectivity index (χ4n) is 2.96. The number of halogens is 3. The van der Waals surface area contributed by atoms with Gasteiger partial charge in [-0.25, -0.2) is 9.38 Å². The fourth-order valence-corrected chi connectivity index (χ4v) is 3.08. The van der Waals surface area contributed by atoms with Crippen LogP contribution in [0.25, 0.3) is 0 Å². The highest BCUT2D eigenvalue weighted by Gasteiger charge is 2.15. The molecule has 0 saturated carbocycles. The van der Waals surface area contributed by atoms with Crippen molar-refractivity contribution in [2.75, 3.05) is 13.1 Å². The number of hydrogen-bond donors (Lipinski definition) is 2. The highest BCUT2D eigenvalue weighted by molar-refractivity contribution is 14.0. The van der Waals surface area contributed by atoms with Crippen molar-refractivity contribution in [2.45, 2.75) is 19.5 Å². The van der Waals surface area contributed by atoms with Crippen LogP contribution in [0.2, 0.25) is 5.02 Å². The van der Waals surface area contributed by atoms with Crippen LogP contribution in [0.1, 0.15) is 29.7 Å². The molecule has 0 bridgehead atoms. The number of guanidine groups is 1. The van der Waals surface area contributed by atoms with E-state index in [9.17, 15) is 4.39 Å². The number of rotatable bonds is 7. The number of nitrogens with zero attached hydrogens (tertiary/aromatic N) is 4. The van der Waals surface area contributed by atoms with Gasteiger partial charge in [-0.3, -0.25) is 4.68 Å². The van der Waals surface area contributed by atoms with E-state index in [1.807, 2.05) is 54.2 Å². The molecule has 3 rings (SSSR count). The maximum atomic E-state index is 14.1. The van der Waals surface area contributed by atoms with Gasteiger partial charge in [0, 0.05) is 36.1 Å². The monoisotopic (exact) mass is 552 g/mol. The largest absolute Gasteiger partial charge is 0.357 e. The second-order valence-corrected chi connectivity index (χ2v) is 6.98. The Morgan fingerprint density at radius 3 is 2.65 bits per heavy atom. The van der Waals surface area contributed by atoms with E-state index < -0.39 is 5.82 Å². The smallest absolute Gasteiger partial charge is 0.191 e. The van der Waals surface area contributed by atoms with Crippen LogP contribution in [0.5, 0.6) is 0 Å². The zero-order valence-electron chi connectivity index (χ0n) is 16.9. The Balaban J connectivity index is 0.00000341. The summed E-state index contributed by atoms with van der Waals surface area (Å²) in [4.78, 5) is 4.48. The predicted octanol–water partition coefficient (Wildman–Crippen LogP) is 4.51. The summed E-state index contributed by atoms with van der Waals surface area (Å²) in [5.74, 6) is 0.122. The summed E-state index contributed by atoms with van der Waals surface area (Å²) in [6, 6.07) is 15.7. The van der Waals surface area contributed by atoms with Crippen LogP contribution in [-0.4, -0.2) is 28.8 Å². The molecule has 1 unspecified atom stereocenters. The Kier molecular flexibility index (Phi) is 9.75. The first kappa shape index (κ1) is 24.6. The average molecular weight is 553 g/mol. The van der Waals surface area contributed by atoms with Crippen molar-refractivity contribution in [2.24, 2.45) is 4.99 Å². The van der Waals surface area contributed by atoms with E-state index in [-0.39, 0.29) is 42.1 Å². The van der Waals surface area contributed by atoms with Gasteiger partial charge < -0.3 is 10.6 Å². The molecule has 0 aliphatic rings.